The van der Waals surface area contributed by atoms with Crippen LogP contribution in [-0.2, 0) is 9.59 Å². The molecular weight excluding hydrogens is 296 g/mol. The molecule has 1 aromatic carbocycles. The molecule has 2 atom stereocenters. The maximum absolute atomic E-state index is 12.5. The molecule has 6 heteroatoms. The Morgan fingerprint density at radius 2 is 1.70 bits per heavy atom. The summed E-state index contributed by atoms with van der Waals surface area (Å²) in [4.78, 5) is 24.4. The topological polar surface area (TPSA) is 76.7 Å². The largest absolute Gasteiger partial charge is 0.486 e. The van der Waals surface area contributed by atoms with E-state index in [4.69, 9.17) is 9.47 Å². The van der Waals surface area contributed by atoms with E-state index in [0.717, 1.165) is 5.56 Å². The molecule has 0 saturated heterocycles. The highest BCUT2D eigenvalue weighted by Gasteiger charge is 2.26. The number of ether oxygens (including phenoxy) is 2. The Bertz CT molecular complexity index is 586. The van der Waals surface area contributed by atoms with E-state index < -0.39 is 12.0 Å². The summed E-state index contributed by atoms with van der Waals surface area (Å²) in [6, 6.07) is 4.93. The van der Waals surface area contributed by atoms with Gasteiger partial charge < -0.3 is 20.1 Å². The van der Waals surface area contributed by atoms with Crippen LogP contribution in [0, 0.1) is 5.92 Å². The first-order valence-corrected chi connectivity index (χ1v) is 7.85. The summed E-state index contributed by atoms with van der Waals surface area (Å²) >= 11 is 0. The molecular formula is C17H24N2O4. The summed E-state index contributed by atoms with van der Waals surface area (Å²) in [5.41, 5.74) is 0.825. The number of nitrogens with one attached hydrogen (secondary N) is 2. The Morgan fingerprint density at radius 3 is 2.30 bits per heavy atom. The number of hydrogen-bond acceptors (Lipinski definition) is 4. The van der Waals surface area contributed by atoms with Gasteiger partial charge in [-0.3, -0.25) is 9.59 Å². The number of rotatable bonds is 5. The molecule has 0 radical (unpaired) electrons. The lowest BCUT2D eigenvalue weighted by atomic mass is 9.97. The Balaban J connectivity index is 2.11. The molecule has 126 valence electrons. The van der Waals surface area contributed by atoms with E-state index in [9.17, 15) is 9.59 Å². The van der Waals surface area contributed by atoms with Gasteiger partial charge in [0.1, 0.15) is 19.3 Å². The Kier molecular flexibility index (Phi) is 5.47. The van der Waals surface area contributed by atoms with E-state index in [1.807, 2.05) is 39.0 Å². The quantitative estimate of drug-likeness (QED) is 0.861. The third-order valence-corrected chi connectivity index (χ3v) is 3.95. The molecule has 1 aromatic rings. The van der Waals surface area contributed by atoms with Crippen LogP contribution >= 0.6 is 0 Å². The summed E-state index contributed by atoms with van der Waals surface area (Å²) in [6.45, 7) is 6.64. The first-order chi connectivity index (χ1) is 10.9. The van der Waals surface area contributed by atoms with Crippen molar-refractivity contribution in [1.82, 2.24) is 10.6 Å². The number of fused-ring (bicyclic) bond motifs is 1. The minimum atomic E-state index is -0.549. The highest BCUT2D eigenvalue weighted by atomic mass is 16.6. The third-order valence-electron chi connectivity index (χ3n) is 3.95. The number of carbonyl (C=O) groups is 2. The van der Waals surface area contributed by atoms with E-state index in [2.05, 4.69) is 10.6 Å². The van der Waals surface area contributed by atoms with Gasteiger partial charge in [0, 0.05) is 7.05 Å². The SMILES string of the molecule is CNC(=O)[C@H](NC(=O)[C@H](C)c1ccc2c(c1)OCCO2)C(C)C. The predicted molar refractivity (Wildman–Crippen MR) is 86.7 cm³/mol. The smallest absolute Gasteiger partial charge is 0.242 e. The van der Waals surface area contributed by atoms with Gasteiger partial charge in [-0.1, -0.05) is 19.9 Å². The fourth-order valence-electron chi connectivity index (χ4n) is 2.45. The van der Waals surface area contributed by atoms with Crippen LogP contribution in [0.3, 0.4) is 0 Å². The monoisotopic (exact) mass is 320 g/mol. The van der Waals surface area contributed by atoms with E-state index in [0.29, 0.717) is 24.7 Å². The number of likely N-dealkylation sites (N-methyl/N-ethyl adjacent to an activating group) is 1. The summed E-state index contributed by atoms with van der Waals surface area (Å²) in [5, 5.41) is 5.40. The maximum Gasteiger partial charge on any atom is 0.242 e. The second kappa shape index (κ2) is 7.35. The molecule has 0 spiro atoms. The fourth-order valence-corrected chi connectivity index (χ4v) is 2.45. The van der Waals surface area contributed by atoms with Crippen molar-refractivity contribution in [2.45, 2.75) is 32.7 Å². The molecule has 6 nitrogen and oxygen atoms in total. The van der Waals surface area contributed by atoms with Crippen molar-refractivity contribution < 1.29 is 19.1 Å². The summed E-state index contributed by atoms with van der Waals surface area (Å²) in [7, 11) is 1.56. The first-order valence-electron chi connectivity index (χ1n) is 7.85. The summed E-state index contributed by atoms with van der Waals surface area (Å²) in [5.74, 6) is 0.577. The normalized spacial score (nSPS) is 15.7. The molecule has 0 aliphatic carbocycles. The Hall–Kier alpha value is -2.24. The van der Waals surface area contributed by atoms with Crippen LogP contribution in [-0.4, -0.2) is 38.1 Å². The second-order valence-corrected chi connectivity index (χ2v) is 5.97. The molecule has 1 heterocycles. The van der Waals surface area contributed by atoms with Crippen LogP contribution in [0.2, 0.25) is 0 Å². The van der Waals surface area contributed by atoms with E-state index in [1.54, 1.807) is 7.05 Å². The van der Waals surface area contributed by atoms with Crippen molar-refractivity contribution in [2.75, 3.05) is 20.3 Å². The summed E-state index contributed by atoms with van der Waals surface area (Å²) in [6.07, 6.45) is 0. The Labute approximate surface area is 136 Å². The van der Waals surface area contributed by atoms with E-state index in [1.165, 1.54) is 0 Å². The number of hydrogen-bond donors (Lipinski definition) is 2. The lowest BCUT2D eigenvalue weighted by Crippen LogP contribution is -2.49. The third kappa shape index (κ3) is 3.94. The summed E-state index contributed by atoms with van der Waals surface area (Å²) < 4.78 is 11.0. The minimum Gasteiger partial charge on any atom is -0.486 e. The Morgan fingerprint density at radius 1 is 1.04 bits per heavy atom. The molecule has 1 aliphatic rings. The van der Waals surface area contributed by atoms with Crippen LogP contribution in [0.1, 0.15) is 32.3 Å². The molecule has 2 N–H and O–H groups in total. The van der Waals surface area contributed by atoms with Crippen LogP contribution in [0.5, 0.6) is 11.5 Å². The molecule has 0 aromatic heterocycles. The predicted octanol–water partition coefficient (Wildman–Crippen LogP) is 1.45. The highest BCUT2D eigenvalue weighted by Crippen LogP contribution is 2.33. The molecule has 0 fully saturated rings. The van der Waals surface area contributed by atoms with E-state index in [-0.39, 0.29) is 17.7 Å². The van der Waals surface area contributed by atoms with Gasteiger partial charge in [0.05, 0.1) is 5.92 Å². The van der Waals surface area contributed by atoms with Crippen molar-refractivity contribution >= 4 is 11.8 Å². The van der Waals surface area contributed by atoms with Gasteiger partial charge in [-0.05, 0) is 30.5 Å². The lowest BCUT2D eigenvalue weighted by molar-refractivity contribution is -0.130. The highest BCUT2D eigenvalue weighted by molar-refractivity contribution is 5.90. The number of amides is 2. The van der Waals surface area contributed by atoms with Crippen molar-refractivity contribution in [3.8, 4) is 11.5 Å². The van der Waals surface area contributed by atoms with Crippen molar-refractivity contribution in [1.29, 1.82) is 0 Å². The number of benzene rings is 1. The van der Waals surface area contributed by atoms with E-state index >= 15 is 0 Å². The zero-order chi connectivity index (χ0) is 17.0. The standard InChI is InChI=1S/C17H24N2O4/c1-10(2)15(17(21)18-4)19-16(20)11(3)12-5-6-13-14(9-12)23-8-7-22-13/h5-6,9-11,15H,7-8H2,1-4H3,(H,18,21)(H,19,20)/t11-,15-/m1/s1. The van der Waals surface area contributed by atoms with Gasteiger partial charge in [0.2, 0.25) is 11.8 Å². The molecule has 0 saturated carbocycles. The van der Waals surface area contributed by atoms with Crippen molar-refractivity contribution in [3.05, 3.63) is 23.8 Å². The van der Waals surface area contributed by atoms with Gasteiger partial charge in [-0.15, -0.1) is 0 Å². The van der Waals surface area contributed by atoms with Crippen molar-refractivity contribution in [2.24, 2.45) is 5.92 Å². The van der Waals surface area contributed by atoms with Crippen LogP contribution < -0.4 is 20.1 Å². The molecule has 2 amide bonds. The van der Waals surface area contributed by atoms with Gasteiger partial charge in [-0.2, -0.15) is 0 Å². The maximum atomic E-state index is 12.5. The molecule has 1 aliphatic heterocycles. The molecule has 23 heavy (non-hydrogen) atoms. The fraction of sp³-hybridized carbons (Fsp3) is 0.529. The molecule has 2 rings (SSSR count). The average molecular weight is 320 g/mol. The van der Waals surface area contributed by atoms with Gasteiger partial charge in [0.25, 0.3) is 0 Å². The average Bonchev–Trinajstić information content (AvgIpc) is 2.57. The lowest BCUT2D eigenvalue weighted by Gasteiger charge is -2.24. The number of carbonyl (C=O) groups excluding carboxylic acids is 2. The molecule has 0 unspecified atom stereocenters. The first kappa shape index (κ1) is 17.1. The van der Waals surface area contributed by atoms with Crippen LogP contribution in [0.4, 0.5) is 0 Å². The van der Waals surface area contributed by atoms with Crippen LogP contribution in [0.15, 0.2) is 18.2 Å². The zero-order valence-electron chi connectivity index (χ0n) is 14.0. The second-order valence-electron chi connectivity index (χ2n) is 5.97. The van der Waals surface area contributed by atoms with Crippen LogP contribution in [0.25, 0.3) is 0 Å². The zero-order valence-corrected chi connectivity index (χ0v) is 14.0. The van der Waals surface area contributed by atoms with Gasteiger partial charge >= 0.3 is 0 Å². The van der Waals surface area contributed by atoms with Gasteiger partial charge in [0.15, 0.2) is 11.5 Å². The minimum absolute atomic E-state index is 0.00589. The molecule has 0 bridgehead atoms. The van der Waals surface area contributed by atoms with Crippen molar-refractivity contribution in [3.63, 3.8) is 0 Å². The van der Waals surface area contributed by atoms with Gasteiger partial charge in [-0.25, -0.2) is 0 Å².